The monoisotopic (exact) mass is 300 g/mol. The number of nitrogens with two attached hydrogens (primary N) is 1. The first kappa shape index (κ1) is 16.9. The molecule has 20 heavy (non-hydrogen) atoms. The van der Waals surface area contributed by atoms with Crippen LogP contribution in [0.2, 0.25) is 0 Å². The topological polar surface area (TPSA) is 88.3 Å². The van der Waals surface area contributed by atoms with Crippen molar-refractivity contribution in [2.45, 2.75) is 31.2 Å². The molecule has 1 rings (SSSR count). The predicted octanol–water partition coefficient (Wildman–Crippen LogP) is 0.918. The quantitative estimate of drug-likeness (QED) is 0.781. The molecule has 0 saturated heterocycles. The van der Waals surface area contributed by atoms with Gasteiger partial charge in [0, 0.05) is 18.8 Å². The fraction of sp³-hybridized carbons (Fsp3) is 0.615. The summed E-state index contributed by atoms with van der Waals surface area (Å²) in [5, 5.41) is 0. The van der Waals surface area contributed by atoms with Gasteiger partial charge in [-0.25, -0.2) is 18.1 Å². The van der Waals surface area contributed by atoms with Crippen molar-refractivity contribution < 1.29 is 8.42 Å². The summed E-state index contributed by atoms with van der Waals surface area (Å²) in [7, 11) is 0.188. The number of rotatable bonds is 7. The Morgan fingerprint density at radius 1 is 1.40 bits per heavy atom. The number of aromatic nitrogens is 1. The molecule has 0 aliphatic rings. The van der Waals surface area contributed by atoms with Crippen LogP contribution >= 0.6 is 0 Å². The number of likely N-dealkylation sites (N-methyl/N-ethyl adjacent to an activating group) is 1. The standard InChI is InChI=1S/C13H24N4O2S/c1-10(2)8-11(9-17(3)4)16-20(18,19)12-6-5-7-15-13(12)14/h5-7,10-11,16H,8-9H2,1-4H3,(H2,14,15). The molecule has 6 nitrogen and oxygen atoms in total. The highest BCUT2D eigenvalue weighted by atomic mass is 32.2. The number of sulfonamides is 1. The molecular formula is C13H24N4O2S. The van der Waals surface area contributed by atoms with E-state index < -0.39 is 10.0 Å². The van der Waals surface area contributed by atoms with E-state index in [0.717, 1.165) is 6.42 Å². The maximum atomic E-state index is 12.4. The number of hydrogen-bond donors (Lipinski definition) is 2. The molecule has 0 amide bonds. The first-order chi connectivity index (χ1) is 9.22. The molecule has 0 saturated carbocycles. The van der Waals surface area contributed by atoms with Crippen molar-refractivity contribution in [3.8, 4) is 0 Å². The third kappa shape index (κ3) is 5.07. The number of nitrogens with one attached hydrogen (secondary N) is 1. The van der Waals surface area contributed by atoms with E-state index in [2.05, 4.69) is 23.6 Å². The lowest BCUT2D eigenvalue weighted by Gasteiger charge is -2.24. The highest BCUT2D eigenvalue weighted by molar-refractivity contribution is 7.89. The van der Waals surface area contributed by atoms with Crippen molar-refractivity contribution in [1.82, 2.24) is 14.6 Å². The summed E-state index contributed by atoms with van der Waals surface area (Å²) in [6, 6.07) is 2.87. The predicted molar refractivity (Wildman–Crippen MR) is 80.8 cm³/mol. The molecule has 0 radical (unpaired) electrons. The van der Waals surface area contributed by atoms with Gasteiger partial charge in [0.15, 0.2) is 0 Å². The lowest BCUT2D eigenvalue weighted by atomic mass is 10.0. The molecular weight excluding hydrogens is 276 g/mol. The zero-order valence-corrected chi connectivity index (χ0v) is 13.3. The Kier molecular flexibility index (Phi) is 5.91. The number of anilines is 1. The van der Waals surface area contributed by atoms with E-state index in [0.29, 0.717) is 12.5 Å². The largest absolute Gasteiger partial charge is 0.383 e. The van der Waals surface area contributed by atoms with Gasteiger partial charge in [0.2, 0.25) is 10.0 Å². The summed E-state index contributed by atoms with van der Waals surface area (Å²) in [5.74, 6) is 0.419. The van der Waals surface area contributed by atoms with Gasteiger partial charge in [0.25, 0.3) is 0 Å². The second-order valence-corrected chi connectivity index (χ2v) is 7.28. The van der Waals surface area contributed by atoms with Crippen LogP contribution in [0.25, 0.3) is 0 Å². The summed E-state index contributed by atoms with van der Waals surface area (Å²) in [6.07, 6.45) is 2.23. The van der Waals surface area contributed by atoms with E-state index in [1.54, 1.807) is 6.07 Å². The van der Waals surface area contributed by atoms with E-state index in [-0.39, 0.29) is 16.8 Å². The minimum absolute atomic E-state index is 0.0214. The van der Waals surface area contributed by atoms with E-state index in [1.807, 2.05) is 19.0 Å². The second-order valence-electron chi connectivity index (χ2n) is 5.60. The second kappa shape index (κ2) is 7.01. The first-order valence-corrected chi connectivity index (χ1v) is 8.08. The Hall–Kier alpha value is -1.18. The molecule has 0 bridgehead atoms. The maximum Gasteiger partial charge on any atom is 0.244 e. The SMILES string of the molecule is CC(C)CC(CN(C)C)NS(=O)(=O)c1cccnc1N. The average molecular weight is 300 g/mol. The average Bonchev–Trinajstić information content (AvgIpc) is 2.26. The van der Waals surface area contributed by atoms with Gasteiger partial charge in [-0.3, -0.25) is 0 Å². The normalized spacial score (nSPS) is 13.9. The third-order valence-corrected chi connectivity index (χ3v) is 4.32. The van der Waals surface area contributed by atoms with E-state index in [4.69, 9.17) is 5.73 Å². The minimum Gasteiger partial charge on any atom is -0.383 e. The zero-order valence-electron chi connectivity index (χ0n) is 12.5. The molecule has 0 spiro atoms. The van der Waals surface area contributed by atoms with Gasteiger partial charge in [0.1, 0.15) is 10.7 Å². The van der Waals surface area contributed by atoms with Crippen LogP contribution in [0.15, 0.2) is 23.2 Å². The Balaban J connectivity index is 2.94. The van der Waals surface area contributed by atoms with Crippen LogP contribution in [0.5, 0.6) is 0 Å². The smallest absolute Gasteiger partial charge is 0.244 e. The Labute approximate surface area is 121 Å². The maximum absolute atomic E-state index is 12.4. The fourth-order valence-electron chi connectivity index (χ4n) is 2.08. The van der Waals surface area contributed by atoms with Crippen LogP contribution in [-0.4, -0.2) is 45.0 Å². The lowest BCUT2D eigenvalue weighted by molar-refractivity contribution is 0.329. The van der Waals surface area contributed by atoms with Crippen LogP contribution in [0.4, 0.5) is 5.82 Å². The molecule has 1 unspecified atom stereocenters. The Morgan fingerprint density at radius 3 is 2.55 bits per heavy atom. The summed E-state index contributed by atoms with van der Waals surface area (Å²) < 4.78 is 27.5. The zero-order chi connectivity index (χ0) is 15.3. The molecule has 0 fully saturated rings. The minimum atomic E-state index is -3.65. The summed E-state index contributed by atoms with van der Waals surface area (Å²) in [4.78, 5) is 5.82. The van der Waals surface area contributed by atoms with Crippen molar-refractivity contribution in [3.05, 3.63) is 18.3 Å². The van der Waals surface area contributed by atoms with Gasteiger partial charge < -0.3 is 10.6 Å². The molecule has 1 aromatic rings. The van der Waals surface area contributed by atoms with Crippen molar-refractivity contribution in [3.63, 3.8) is 0 Å². The Bertz CT molecular complexity index is 519. The van der Waals surface area contributed by atoms with Crippen molar-refractivity contribution in [1.29, 1.82) is 0 Å². The van der Waals surface area contributed by atoms with Gasteiger partial charge in [-0.2, -0.15) is 0 Å². The fourth-order valence-corrected chi connectivity index (χ4v) is 3.40. The van der Waals surface area contributed by atoms with Gasteiger partial charge in [-0.1, -0.05) is 13.8 Å². The van der Waals surface area contributed by atoms with Crippen molar-refractivity contribution >= 4 is 15.8 Å². The van der Waals surface area contributed by atoms with Crippen molar-refractivity contribution in [2.24, 2.45) is 5.92 Å². The molecule has 1 atom stereocenters. The van der Waals surface area contributed by atoms with Crippen LogP contribution in [0, 0.1) is 5.92 Å². The third-order valence-electron chi connectivity index (χ3n) is 2.75. The highest BCUT2D eigenvalue weighted by Crippen LogP contribution is 2.16. The molecule has 0 aliphatic carbocycles. The van der Waals surface area contributed by atoms with Gasteiger partial charge in [-0.05, 0) is 38.6 Å². The first-order valence-electron chi connectivity index (χ1n) is 6.60. The van der Waals surface area contributed by atoms with Crippen molar-refractivity contribution in [2.75, 3.05) is 26.4 Å². The Morgan fingerprint density at radius 2 is 2.05 bits per heavy atom. The number of nitrogens with zero attached hydrogens (tertiary/aromatic N) is 2. The van der Waals surface area contributed by atoms with Gasteiger partial charge >= 0.3 is 0 Å². The van der Waals surface area contributed by atoms with E-state index in [9.17, 15) is 8.42 Å². The number of hydrogen-bond acceptors (Lipinski definition) is 5. The number of nitrogen functional groups attached to an aromatic ring is 1. The van der Waals surface area contributed by atoms with Crippen LogP contribution < -0.4 is 10.5 Å². The molecule has 1 heterocycles. The molecule has 0 aromatic carbocycles. The van der Waals surface area contributed by atoms with Crippen LogP contribution in [0.1, 0.15) is 20.3 Å². The molecule has 0 aliphatic heterocycles. The number of pyridine rings is 1. The molecule has 3 N–H and O–H groups in total. The molecule has 7 heteroatoms. The molecule has 114 valence electrons. The highest BCUT2D eigenvalue weighted by Gasteiger charge is 2.23. The van der Waals surface area contributed by atoms with E-state index in [1.165, 1.54) is 12.3 Å². The van der Waals surface area contributed by atoms with Gasteiger partial charge in [-0.15, -0.1) is 0 Å². The summed E-state index contributed by atoms with van der Waals surface area (Å²) >= 11 is 0. The summed E-state index contributed by atoms with van der Waals surface area (Å²) in [6.45, 7) is 4.77. The summed E-state index contributed by atoms with van der Waals surface area (Å²) in [5.41, 5.74) is 5.64. The lowest BCUT2D eigenvalue weighted by Crippen LogP contribution is -2.42. The van der Waals surface area contributed by atoms with E-state index >= 15 is 0 Å². The molecule has 1 aromatic heterocycles. The van der Waals surface area contributed by atoms with Gasteiger partial charge in [0.05, 0.1) is 0 Å². The van der Waals surface area contributed by atoms with Crippen LogP contribution in [0.3, 0.4) is 0 Å². The van der Waals surface area contributed by atoms with Crippen LogP contribution in [-0.2, 0) is 10.0 Å².